The molecule has 0 fully saturated rings. The lowest BCUT2D eigenvalue weighted by atomic mass is 10.1. The Kier molecular flexibility index (Phi) is 5.03. The first-order valence-electron chi connectivity index (χ1n) is 8.72. The topological polar surface area (TPSA) is 88.7 Å². The Morgan fingerprint density at radius 1 is 1.15 bits per heavy atom. The number of benzene rings is 1. The number of rotatable bonds is 4. The molecule has 0 aliphatic carbocycles. The number of nitrogens with zero attached hydrogens (tertiary/aromatic N) is 1. The van der Waals surface area contributed by atoms with E-state index in [1.807, 2.05) is 24.3 Å². The van der Waals surface area contributed by atoms with Crippen molar-refractivity contribution in [2.45, 2.75) is 33.3 Å². The average Bonchev–Trinajstić information content (AvgIpc) is 3.21. The Morgan fingerprint density at radius 3 is 2.56 bits per heavy atom. The lowest BCUT2D eigenvalue weighted by molar-refractivity contribution is -0.126. The summed E-state index contributed by atoms with van der Waals surface area (Å²) < 4.78 is 10.1. The summed E-state index contributed by atoms with van der Waals surface area (Å²) in [6, 6.07) is 7.68. The van der Waals surface area contributed by atoms with E-state index >= 15 is 0 Å². The van der Waals surface area contributed by atoms with E-state index < -0.39 is 18.0 Å². The van der Waals surface area contributed by atoms with Gasteiger partial charge in [-0.3, -0.25) is 4.79 Å². The van der Waals surface area contributed by atoms with Gasteiger partial charge in [0, 0.05) is 17.9 Å². The number of nitrogens with one attached hydrogen (secondary N) is 1. The van der Waals surface area contributed by atoms with Crippen molar-refractivity contribution in [3.63, 3.8) is 0 Å². The third-order valence-electron chi connectivity index (χ3n) is 4.82. The van der Waals surface area contributed by atoms with Crippen molar-refractivity contribution in [1.82, 2.24) is 4.98 Å². The Bertz CT molecular complexity index is 915. The zero-order valence-electron chi connectivity index (χ0n) is 15.8. The molecular weight excluding hydrogens is 348 g/mol. The van der Waals surface area contributed by atoms with Crippen molar-refractivity contribution in [2.24, 2.45) is 0 Å². The maximum atomic E-state index is 12.8. The minimum Gasteiger partial charge on any atom is -0.465 e. The minimum absolute atomic E-state index is 0.148. The zero-order valence-corrected chi connectivity index (χ0v) is 15.8. The predicted octanol–water partition coefficient (Wildman–Crippen LogP) is 2.55. The van der Waals surface area contributed by atoms with Gasteiger partial charge >= 0.3 is 11.9 Å². The summed E-state index contributed by atoms with van der Waals surface area (Å²) >= 11 is 0. The molecule has 27 heavy (non-hydrogen) atoms. The van der Waals surface area contributed by atoms with Gasteiger partial charge in [0.15, 0.2) is 6.10 Å². The number of carbonyl (C=O) groups is 3. The fourth-order valence-corrected chi connectivity index (χ4v) is 3.42. The molecule has 3 rings (SSSR count). The van der Waals surface area contributed by atoms with Gasteiger partial charge in [-0.2, -0.15) is 0 Å². The number of methoxy groups -OCH3 is 1. The van der Waals surface area contributed by atoms with Crippen molar-refractivity contribution in [3.8, 4) is 0 Å². The molecule has 0 saturated carbocycles. The summed E-state index contributed by atoms with van der Waals surface area (Å²) in [5, 5.41) is 0. The highest BCUT2D eigenvalue weighted by Gasteiger charge is 2.31. The predicted molar refractivity (Wildman–Crippen MR) is 99.0 cm³/mol. The van der Waals surface area contributed by atoms with Crippen LogP contribution < -0.4 is 4.90 Å². The molecule has 1 aliphatic heterocycles. The van der Waals surface area contributed by atoms with E-state index in [-0.39, 0.29) is 11.6 Å². The van der Waals surface area contributed by atoms with Crippen molar-refractivity contribution < 1.29 is 23.9 Å². The standard InChI is InChI=1S/C20H22N2O5/c1-11-16(19(24)26-4)12(2)21-17(11)20(25)27-13(3)18(23)22-10-9-14-7-5-6-8-15(14)22/h5-8,13,21H,9-10H2,1-4H3/t13-/m1/s1. The molecule has 0 saturated heterocycles. The van der Waals surface area contributed by atoms with Crippen molar-refractivity contribution in [3.05, 3.63) is 52.3 Å². The fraction of sp³-hybridized carbons (Fsp3) is 0.350. The van der Waals surface area contributed by atoms with Crippen LogP contribution in [0.25, 0.3) is 0 Å². The third kappa shape index (κ3) is 3.32. The molecule has 7 heteroatoms. The second-order valence-corrected chi connectivity index (χ2v) is 6.53. The number of hydrogen-bond acceptors (Lipinski definition) is 5. The molecule has 2 heterocycles. The number of ether oxygens (including phenoxy) is 2. The van der Waals surface area contributed by atoms with Gasteiger partial charge in [-0.1, -0.05) is 18.2 Å². The van der Waals surface area contributed by atoms with Crippen LogP contribution in [0.1, 0.15) is 44.6 Å². The number of amides is 1. The van der Waals surface area contributed by atoms with Crippen molar-refractivity contribution in [2.75, 3.05) is 18.6 Å². The SMILES string of the molecule is COC(=O)c1c(C)[nH]c(C(=O)O[C@H](C)C(=O)N2CCc3ccccc32)c1C. The number of para-hydroxylation sites is 1. The van der Waals surface area contributed by atoms with E-state index in [9.17, 15) is 14.4 Å². The van der Waals surface area contributed by atoms with Crippen LogP contribution in [-0.4, -0.2) is 42.6 Å². The number of aryl methyl sites for hydroxylation is 1. The second-order valence-electron chi connectivity index (χ2n) is 6.53. The van der Waals surface area contributed by atoms with Gasteiger partial charge in [-0.05, 0) is 44.4 Å². The number of carbonyl (C=O) groups excluding carboxylic acids is 3. The number of esters is 2. The van der Waals surface area contributed by atoms with Crippen molar-refractivity contribution >= 4 is 23.5 Å². The van der Waals surface area contributed by atoms with Crippen LogP contribution in [0.4, 0.5) is 5.69 Å². The largest absolute Gasteiger partial charge is 0.465 e. The third-order valence-corrected chi connectivity index (χ3v) is 4.82. The second kappa shape index (κ2) is 7.26. The zero-order chi connectivity index (χ0) is 19.7. The van der Waals surface area contributed by atoms with Crippen molar-refractivity contribution in [1.29, 1.82) is 0 Å². The molecule has 1 aromatic carbocycles. The van der Waals surface area contributed by atoms with Gasteiger partial charge in [-0.25, -0.2) is 9.59 Å². The maximum Gasteiger partial charge on any atom is 0.355 e. The van der Waals surface area contributed by atoms with E-state index in [1.165, 1.54) is 7.11 Å². The molecule has 0 bridgehead atoms. The van der Waals surface area contributed by atoms with Crippen LogP contribution in [0.5, 0.6) is 0 Å². The molecule has 0 spiro atoms. The summed E-state index contributed by atoms with van der Waals surface area (Å²) in [4.78, 5) is 41.6. The lowest BCUT2D eigenvalue weighted by Crippen LogP contribution is -2.39. The van der Waals surface area contributed by atoms with E-state index in [0.717, 1.165) is 17.7 Å². The fourth-order valence-electron chi connectivity index (χ4n) is 3.42. The first-order chi connectivity index (χ1) is 12.8. The van der Waals surface area contributed by atoms with Crippen LogP contribution in [-0.2, 0) is 20.7 Å². The molecule has 1 aromatic heterocycles. The summed E-state index contributed by atoms with van der Waals surface area (Å²) in [6.45, 7) is 5.42. The molecule has 2 aromatic rings. The van der Waals surface area contributed by atoms with Crippen LogP contribution >= 0.6 is 0 Å². The van der Waals surface area contributed by atoms with Gasteiger partial charge in [0.05, 0.1) is 12.7 Å². The Morgan fingerprint density at radius 2 is 1.85 bits per heavy atom. The first-order valence-corrected chi connectivity index (χ1v) is 8.72. The van der Waals surface area contributed by atoms with E-state index in [0.29, 0.717) is 23.4 Å². The Labute approximate surface area is 157 Å². The summed E-state index contributed by atoms with van der Waals surface area (Å²) in [5.41, 5.74) is 3.36. The molecular formula is C20H22N2O5. The smallest absolute Gasteiger partial charge is 0.355 e. The Hall–Kier alpha value is -3.09. The maximum absolute atomic E-state index is 12.8. The number of fused-ring (bicyclic) bond motifs is 1. The molecule has 1 aliphatic rings. The number of anilines is 1. The van der Waals surface area contributed by atoms with Gasteiger partial charge in [-0.15, -0.1) is 0 Å². The van der Waals surface area contributed by atoms with Crippen LogP contribution in [0.2, 0.25) is 0 Å². The number of aromatic nitrogens is 1. The molecule has 1 amide bonds. The summed E-state index contributed by atoms with van der Waals surface area (Å²) in [6.07, 6.45) is -0.173. The minimum atomic E-state index is -0.951. The molecule has 7 nitrogen and oxygen atoms in total. The van der Waals surface area contributed by atoms with Gasteiger partial charge in [0.2, 0.25) is 0 Å². The number of hydrogen-bond donors (Lipinski definition) is 1. The first kappa shape index (κ1) is 18.7. The van der Waals surface area contributed by atoms with Crippen LogP contribution in [0.15, 0.2) is 24.3 Å². The highest BCUT2D eigenvalue weighted by Crippen LogP contribution is 2.28. The van der Waals surface area contributed by atoms with E-state index in [2.05, 4.69) is 4.98 Å². The monoisotopic (exact) mass is 370 g/mol. The molecule has 1 atom stereocenters. The quantitative estimate of drug-likeness (QED) is 0.836. The summed E-state index contributed by atoms with van der Waals surface area (Å²) in [7, 11) is 1.28. The van der Waals surface area contributed by atoms with Gasteiger partial charge < -0.3 is 19.4 Å². The highest BCUT2D eigenvalue weighted by atomic mass is 16.5. The Balaban J connectivity index is 1.75. The molecule has 0 unspecified atom stereocenters. The van der Waals surface area contributed by atoms with Gasteiger partial charge in [0.25, 0.3) is 5.91 Å². The van der Waals surface area contributed by atoms with E-state index in [4.69, 9.17) is 9.47 Å². The van der Waals surface area contributed by atoms with Crippen LogP contribution in [0, 0.1) is 13.8 Å². The summed E-state index contributed by atoms with van der Waals surface area (Å²) in [5.74, 6) is -1.49. The molecule has 1 N–H and O–H groups in total. The lowest BCUT2D eigenvalue weighted by Gasteiger charge is -2.21. The van der Waals surface area contributed by atoms with Crippen LogP contribution in [0.3, 0.4) is 0 Å². The molecule has 0 radical (unpaired) electrons. The number of H-pyrrole nitrogens is 1. The average molecular weight is 370 g/mol. The highest BCUT2D eigenvalue weighted by molar-refractivity contribution is 6.02. The normalized spacial score (nSPS) is 13.9. The van der Waals surface area contributed by atoms with Gasteiger partial charge in [0.1, 0.15) is 5.69 Å². The molecule has 142 valence electrons. The van der Waals surface area contributed by atoms with E-state index in [1.54, 1.807) is 25.7 Å². The number of aromatic amines is 1.